The number of nitrogens with zero attached hydrogens (tertiary/aromatic N) is 4. The van der Waals surface area contributed by atoms with E-state index in [2.05, 4.69) is 26.4 Å². The van der Waals surface area contributed by atoms with Crippen LogP contribution in [0.25, 0.3) is 0 Å². The van der Waals surface area contributed by atoms with Crippen LogP contribution in [-0.2, 0) is 18.3 Å². The fourth-order valence-corrected chi connectivity index (χ4v) is 3.45. The molecule has 0 unspecified atom stereocenters. The van der Waals surface area contributed by atoms with Crippen LogP contribution in [0.3, 0.4) is 0 Å². The third-order valence-corrected chi connectivity index (χ3v) is 5.00. The minimum absolute atomic E-state index is 0.132. The van der Waals surface area contributed by atoms with Crippen LogP contribution >= 0.6 is 0 Å². The van der Waals surface area contributed by atoms with Gasteiger partial charge in [0.2, 0.25) is 0 Å². The predicted molar refractivity (Wildman–Crippen MR) is 90.3 cm³/mol. The summed E-state index contributed by atoms with van der Waals surface area (Å²) >= 11 is 0. The van der Waals surface area contributed by atoms with Crippen LogP contribution in [-0.4, -0.2) is 32.9 Å². The summed E-state index contributed by atoms with van der Waals surface area (Å²) in [6, 6.07) is 2.06. The second-order valence-corrected chi connectivity index (χ2v) is 6.93. The van der Waals surface area contributed by atoms with E-state index in [9.17, 15) is 0 Å². The minimum atomic E-state index is 0.132. The van der Waals surface area contributed by atoms with Crippen LogP contribution in [0.5, 0.6) is 0 Å². The van der Waals surface area contributed by atoms with Crippen molar-refractivity contribution in [3.63, 3.8) is 0 Å². The van der Waals surface area contributed by atoms with Crippen LogP contribution in [0, 0.1) is 5.92 Å². The first-order valence-electron chi connectivity index (χ1n) is 8.92. The van der Waals surface area contributed by atoms with Crippen molar-refractivity contribution < 1.29 is 4.74 Å². The lowest BCUT2D eigenvalue weighted by atomic mass is 9.92. The molecule has 1 aliphatic heterocycles. The van der Waals surface area contributed by atoms with Crippen molar-refractivity contribution >= 4 is 0 Å². The Morgan fingerprint density at radius 2 is 2.08 bits per heavy atom. The highest BCUT2D eigenvalue weighted by Gasteiger charge is 2.29. The van der Waals surface area contributed by atoms with Gasteiger partial charge in [0.25, 0.3) is 0 Å². The molecule has 2 aromatic rings. The summed E-state index contributed by atoms with van der Waals surface area (Å²) in [6.45, 7) is 2.57. The van der Waals surface area contributed by atoms with E-state index in [-0.39, 0.29) is 6.10 Å². The van der Waals surface area contributed by atoms with Gasteiger partial charge in [-0.25, -0.2) is 9.97 Å². The summed E-state index contributed by atoms with van der Waals surface area (Å²) in [5.74, 6) is 2.10. The van der Waals surface area contributed by atoms with Gasteiger partial charge >= 0.3 is 0 Å². The van der Waals surface area contributed by atoms with Crippen molar-refractivity contribution in [2.24, 2.45) is 13.0 Å². The zero-order valence-electron chi connectivity index (χ0n) is 14.2. The van der Waals surface area contributed by atoms with Gasteiger partial charge in [-0.05, 0) is 31.7 Å². The maximum absolute atomic E-state index is 6.04. The molecule has 6 nitrogen and oxygen atoms in total. The summed E-state index contributed by atoms with van der Waals surface area (Å²) in [4.78, 5) is 8.97. The topological polar surface area (TPSA) is 64.9 Å². The van der Waals surface area contributed by atoms with E-state index in [4.69, 9.17) is 4.74 Å². The van der Waals surface area contributed by atoms with Crippen molar-refractivity contribution in [1.29, 1.82) is 0 Å². The molecule has 0 bridgehead atoms. The monoisotopic (exact) mass is 327 g/mol. The molecule has 2 aromatic heterocycles. The van der Waals surface area contributed by atoms with Gasteiger partial charge in [-0.3, -0.25) is 4.68 Å². The molecule has 24 heavy (non-hydrogen) atoms. The summed E-state index contributed by atoms with van der Waals surface area (Å²) in [6.07, 6.45) is 10.7. The molecule has 0 amide bonds. The largest absolute Gasteiger partial charge is 0.372 e. The van der Waals surface area contributed by atoms with Crippen LogP contribution in [0.1, 0.15) is 54.8 Å². The fraction of sp³-hybridized carbons (Fsp3) is 0.611. The lowest BCUT2D eigenvalue weighted by Gasteiger charge is -2.32. The average molecular weight is 327 g/mol. The first-order valence-corrected chi connectivity index (χ1v) is 8.92. The zero-order valence-corrected chi connectivity index (χ0v) is 14.2. The van der Waals surface area contributed by atoms with Crippen molar-refractivity contribution in [3.05, 3.63) is 41.7 Å². The number of aryl methyl sites for hydroxylation is 1. The molecule has 1 saturated carbocycles. The van der Waals surface area contributed by atoms with E-state index in [0.29, 0.717) is 11.8 Å². The Labute approximate surface area is 142 Å². The molecule has 3 heterocycles. The van der Waals surface area contributed by atoms with Crippen molar-refractivity contribution in [1.82, 2.24) is 25.1 Å². The fourth-order valence-electron chi connectivity index (χ4n) is 3.45. The molecule has 2 aliphatic rings. The quantitative estimate of drug-likeness (QED) is 0.882. The smallest absolute Gasteiger partial charge is 0.131 e. The van der Waals surface area contributed by atoms with E-state index in [0.717, 1.165) is 37.5 Å². The highest BCUT2D eigenvalue weighted by molar-refractivity contribution is 5.11. The minimum Gasteiger partial charge on any atom is -0.372 e. The van der Waals surface area contributed by atoms with Gasteiger partial charge in [0, 0.05) is 62.7 Å². The Morgan fingerprint density at radius 1 is 1.25 bits per heavy atom. The van der Waals surface area contributed by atoms with Crippen LogP contribution in [0.2, 0.25) is 0 Å². The van der Waals surface area contributed by atoms with Gasteiger partial charge in [0.05, 0.1) is 5.69 Å². The van der Waals surface area contributed by atoms with Crippen LogP contribution in [0.4, 0.5) is 0 Å². The number of rotatable bonds is 6. The average Bonchev–Trinajstić information content (AvgIpc) is 3.38. The normalized spacial score (nSPS) is 24.2. The van der Waals surface area contributed by atoms with E-state index in [1.165, 1.54) is 25.0 Å². The summed E-state index contributed by atoms with van der Waals surface area (Å²) in [5, 5.41) is 7.84. The van der Waals surface area contributed by atoms with Gasteiger partial charge in [-0.15, -0.1) is 0 Å². The van der Waals surface area contributed by atoms with Gasteiger partial charge in [-0.1, -0.05) is 0 Å². The Kier molecular flexibility index (Phi) is 4.58. The van der Waals surface area contributed by atoms with Gasteiger partial charge in [0.1, 0.15) is 11.9 Å². The molecule has 4 rings (SSSR count). The molecule has 2 fully saturated rings. The summed E-state index contributed by atoms with van der Waals surface area (Å²) in [5.41, 5.74) is 2.31. The van der Waals surface area contributed by atoms with Crippen molar-refractivity contribution in [2.75, 3.05) is 13.2 Å². The standard InChI is InChI=1S/C18H25N5O/c1-23-16(6-7-22-23)17-15(3-2-8-24-17)12-19-9-13-10-20-18(21-11-13)14-4-5-14/h6-7,10-11,14-15,17,19H,2-5,8-9,12H2,1H3/t15-,17+/m0/s1. The maximum Gasteiger partial charge on any atom is 0.131 e. The molecule has 128 valence electrons. The third-order valence-electron chi connectivity index (χ3n) is 5.00. The number of aromatic nitrogens is 4. The lowest BCUT2D eigenvalue weighted by molar-refractivity contribution is -0.0323. The number of nitrogens with one attached hydrogen (secondary N) is 1. The predicted octanol–water partition coefficient (Wildman–Crippen LogP) is 2.35. The van der Waals surface area contributed by atoms with Crippen molar-refractivity contribution in [2.45, 2.75) is 44.2 Å². The maximum atomic E-state index is 6.04. The van der Waals surface area contributed by atoms with Gasteiger partial charge in [0.15, 0.2) is 0 Å². The van der Waals surface area contributed by atoms with Crippen molar-refractivity contribution in [3.8, 4) is 0 Å². The molecule has 2 atom stereocenters. The highest BCUT2D eigenvalue weighted by atomic mass is 16.5. The van der Waals surface area contributed by atoms with Crippen LogP contribution in [0.15, 0.2) is 24.7 Å². The molecular formula is C18H25N5O. The Bertz CT molecular complexity index is 664. The van der Waals surface area contributed by atoms with E-state index in [1.54, 1.807) is 0 Å². The second kappa shape index (κ2) is 6.99. The molecular weight excluding hydrogens is 302 g/mol. The molecule has 1 saturated heterocycles. The number of hydrogen-bond acceptors (Lipinski definition) is 5. The summed E-state index contributed by atoms with van der Waals surface area (Å²) < 4.78 is 7.97. The van der Waals surface area contributed by atoms with Crippen LogP contribution < -0.4 is 5.32 Å². The van der Waals surface area contributed by atoms with Gasteiger partial charge in [-0.2, -0.15) is 5.10 Å². The number of ether oxygens (including phenoxy) is 1. The Morgan fingerprint density at radius 3 is 2.79 bits per heavy atom. The Hall–Kier alpha value is -1.79. The van der Waals surface area contributed by atoms with E-state index < -0.39 is 0 Å². The molecule has 1 aliphatic carbocycles. The molecule has 1 N–H and O–H groups in total. The molecule has 0 spiro atoms. The molecule has 0 radical (unpaired) electrons. The third kappa shape index (κ3) is 3.49. The van der Waals surface area contributed by atoms with E-state index >= 15 is 0 Å². The zero-order chi connectivity index (χ0) is 16.4. The SMILES string of the molecule is Cn1nccc1[C@@H]1OCCC[C@H]1CNCc1cnc(C2CC2)nc1. The second-order valence-electron chi connectivity index (χ2n) is 6.93. The van der Waals surface area contributed by atoms with Gasteiger partial charge < -0.3 is 10.1 Å². The molecule has 0 aromatic carbocycles. The number of hydrogen-bond donors (Lipinski definition) is 1. The lowest BCUT2D eigenvalue weighted by Crippen LogP contribution is -2.32. The molecule has 6 heteroatoms. The summed E-state index contributed by atoms with van der Waals surface area (Å²) in [7, 11) is 1.98. The first kappa shape index (κ1) is 15.7. The van der Waals surface area contributed by atoms with E-state index in [1.807, 2.05) is 30.3 Å². The first-order chi connectivity index (χ1) is 11.8. The Balaban J connectivity index is 1.32. The highest BCUT2D eigenvalue weighted by Crippen LogP contribution is 2.37.